The summed E-state index contributed by atoms with van der Waals surface area (Å²) in [7, 11) is 0. The van der Waals surface area contributed by atoms with Gasteiger partial charge in [-0.3, -0.25) is 9.59 Å². The lowest BCUT2D eigenvalue weighted by molar-refractivity contribution is -0.154. The lowest BCUT2D eigenvalue weighted by atomic mass is 9.87. The monoisotopic (exact) mass is 474 g/mol. The number of benzene rings is 1. The Kier molecular flexibility index (Phi) is 18.9. The van der Waals surface area contributed by atoms with Gasteiger partial charge in [-0.2, -0.15) is 0 Å². The smallest absolute Gasteiger partial charge is 0.311 e. The predicted molar refractivity (Wildman–Crippen MR) is 147 cm³/mol. The van der Waals surface area contributed by atoms with Gasteiger partial charge in [0.2, 0.25) is 0 Å². The molecule has 0 bridgehead atoms. The van der Waals surface area contributed by atoms with Crippen LogP contribution in [0.2, 0.25) is 0 Å². The van der Waals surface area contributed by atoms with Gasteiger partial charge < -0.3 is 9.47 Å². The van der Waals surface area contributed by atoms with Gasteiger partial charge in [0.1, 0.15) is 0 Å². The first kappa shape index (κ1) is 33.8. The number of esters is 2. The Balaban J connectivity index is 0. The van der Waals surface area contributed by atoms with Gasteiger partial charge in [-0.15, -0.1) is 0 Å². The van der Waals surface area contributed by atoms with Crippen LogP contribution in [0.5, 0.6) is 0 Å². The molecule has 0 aromatic heterocycles. The maximum atomic E-state index is 11.9. The van der Waals surface area contributed by atoms with Crippen LogP contribution in [-0.4, -0.2) is 25.2 Å². The predicted octanol–water partition coefficient (Wildman–Crippen LogP) is 8.50. The van der Waals surface area contributed by atoms with Crippen LogP contribution in [0.4, 0.5) is 0 Å². The quantitative estimate of drug-likeness (QED) is 0.285. The topological polar surface area (TPSA) is 52.6 Å². The summed E-state index contributed by atoms with van der Waals surface area (Å²) >= 11 is 0. The molecule has 0 fully saturated rings. The van der Waals surface area contributed by atoms with Crippen molar-refractivity contribution in [2.75, 3.05) is 13.2 Å². The zero-order chi connectivity index (χ0) is 26.6. The Morgan fingerprint density at radius 2 is 0.971 bits per heavy atom. The van der Waals surface area contributed by atoms with Crippen LogP contribution in [-0.2, 0) is 19.1 Å². The molecule has 0 radical (unpaired) electrons. The van der Waals surface area contributed by atoms with Gasteiger partial charge in [0.05, 0.1) is 24.0 Å². The highest BCUT2D eigenvalue weighted by Crippen LogP contribution is 2.25. The van der Waals surface area contributed by atoms with E-state index in [9.17, 15) is 9.59 Å². The van der Waals surface area contributed by atoms with Crippen LogP contribution in [0.1, 0.15) is 106 Å². The molecule has 1 aromatic rings. The summed E-state index contributed by atoms with van der Waals surface area (Å²) in [6.45, 7) is 20.2. The second-order valence-electron chi connectivity index (χ2n) is 8.76. The van der Waals surface area contributed by atoms with Crippen molar-refractivity contribution in [3.63, 3.8) is 0 Å². The standard InChI is InChI=1S/C26H38O4.2C2H6/c1-7-29-23(27)25(3,4)19-11-9-13-21-15-17-22(18-16-21)14-10-12-20-26(5,6)24(28)30-8-2;2*1-2/h9-10,13-18H,7-8,11-12,19-20H2,1-6H3;2*1-2H3/b13-9-,14-10-;;. The lowest BCUT2D eigenvalue weighted by Crippen LogP contribution is -2.26. The Bertz CT molecular complexity index is 662. The molecule has 0 saturated carbocycles. The van der Waals surface area contributed by atoms with Crippen LogP contribution in [0.15, 0.2) is 36.4 Å². The highest BCUT2D eigenvalue weighted by atomic mass is 16.5. The van der Waals surface area contributed by atoms with Crippen molar-refractivity contribution in [1.29, 1.82) is 0 Å². The van der Waals surface area contributed by atoms with Gasteiger partial charge in [0, 0.05) is 0 Å². The normalized spacial score (nSPS) is 11.4. The molecule has 0 heterocycles. The van der Waals surface area contributed by atoms with Crippen molar-refractivity contribution in [2.24, 2.45) is 10.8 Å². The summed E-state index contributed by atoms with van der Waals surface area (Å²) in [5, 5.41) is 0. The lowest BCUT2D eigenvalue weighted by Gasteiger charge is -2.21. The molecule has 0 unspecified atom stereocenters. The van der Waals surface area contributed by atoms with Crippen LogP contribution in [0, 0.1) is 10.8 Å². The molecule has 0 amide bonds. The van der Waals surface area contributed by atoms with Crippen molar-refractivity contribution in [2.45, 2.75) is 94.9 Å². The third-order valence-electron chi connectivity index (χ3n) is 5.09. The maximum Gasteiger partial charge on any atom is 0.311 e. The van der Waals surface area contributed by atoms with Crippen molar-refractivity contribution >= 4 is 24.1 Å². The number of rotatable bonds is 12. The maximum absolute atomic E-state index is 11.9. The fourth-order valence-electron chi connectivity index (χ4n) is 2.90. The van der Waals surface area contributed by atoms with Crippen molar-refractivity contribution in [3.05, 3.63) is 47.5 Å². The van der Waals surface area contributed by atoms with E-state index >= 15 is 0 Å². The highest BCUT2D eigenvalue weighted by molar-refractivity contribution is 5.76. The number of allylic oxidation sites excluding steroid dienone is 2. The average molecular weight is 475 g/mol. The van der Waals surface area contributed by atoms with E-state index in [-0.39, 0.29) is 11.9 Å². The third kappa shape index (κ3) is 14.0. The fourth-order valence-corrected chi connectivity index (χ4v) is 2.90. The Labute approximate surface area is 209 Å². The highest BCUT2D eigenvalue weighted by Gasteiger charge is 2.28. The van der Waals surface area contributed by atoms with Crippen LogP contribution in [0.25, 0.3) is 12.2 Å². The van der Waals surface area contributed by atoms with Gasteiger partial charge in [-0.05, 0) is 78.4 Å². The van der Waals surface area contributed by atoms with Crippen molar-refractivity contribution in [3.8, 4) is 0 Å². The van der Waals surface area contributed by atoms with Gasteiger partial charge in [0.15, 0.2) is 0 Å². The molecule has 0 atom stereocenters. The van der Waals surface area contributed by atoms with E-state index < -0.39 is 10.8 Å². The molecule has 0 aliphatic heterocycles. The number of carbonyl (C=O) groups excluding carboxylic acids is 2. The Morgan fingerprint density at radius 3 is 1.24 bits per heavy atom. The van der Waals surface area contributed by atoms with Gasteiger partial charge in [-0.25, -0.2) is 0 Å². The fraction of sp³-hybridized carbons (Fsp3) is 0.600. The van der Waals surface area contributed by atoms with E-state index in [2.05, 4.69) is 48.6 Å². The number of ether oxygens (including phenoxy) is 2. The van der Waals surface area contributed by atoms with Crippen LogP contribution < -0.4 is 0 Å². The van der Waals surface area contributed by atoms with Gasteiger partial charge in [0.25, 0.3) is 0 Å². The van der Waals surface area contributed by atoms with E-state index in [1.54, 1.807) is 0 Å². The minimum Gasteiger partial charge on any atom is -0.466 e. The average Bonchev–Trinajstić information content (AvgIpc) is 2.83. The third-order valence-corrected chi connectivity index (χ3v) is 5.09. The Morgan fingerprint density at radius 1 is 0.676 bits per heavy atom. The van der Waals surface area contributed by atoms with E-state index in [0.717, 1.165) is 36.8 Å². The number of hydrogen-bond donors (Lipinski definition) is 0. The molecular formula is C30H50O4. The van der Waals surface area contributed by atoms with Crippen LogP contribution in [0.3, 0.4) is 0 Å². The molecule has 34 heavy (non-hydrogen) atoms. The van der Waals surface area contributed by atoms with Crippen LogP contribution >= 0.6 is 0 Å². The van der Waals surface area contributed by atoms with E-state index in [1.807, 2.05) is 69.2 Å². The van der Waals surface area contributed by atoms with Crippen molar-refractivity contribution < 1.29 is 19.1 Å². The molecular weight excluding hydrogens is 424 g/mol. The molecule has 1 aromatic carbocycles. The summed E-state index contributed by atoms with van der Waals surface area (Å²) in [4.78, 5) is 23.8. The largest absolute Gasteiger partial charge is 0.466 e. The van der Waals surface area contributed by atoms with Gasteiger partial charge >= 0.3 is 11.9 Å². The van der Waals surface area contributed by atoms with E-state index in [0.29, 0.717) is 13.2 Å². The first-order chi connectivity index (χ1) is 16.1. The first-order valence-corrected chi connectivity index (χ1v) is 12.9. The summed E-state index contributed by atoms with van der Waals surface area (Å²) in [6, 6.07) is 8.31. The first-order valence-electron chi connectivity index (χ1n) is 12.9. The summed E-state index contributed by atoms with van der Waals surface area (Å²) in [5.74, 6) is -0.277. The summed E-state index contributed by atoms with van der Waals surface area (Å²) in [5.41, 5.74) is 1.34. The number of hydrogen-bond acceptors (Lipinski definition) is 4. The molecule has 0 N–H and O–H groups in total. The zero-order valence-corrected chi connectivity index (χ0v) is 23.5. The van der Waals surface area contributed by atoms with Gasteiger partial charge in [-0.1, -0.05) is 76.3 Å². The minimum atomic E-state index is -0.461. The molecule has 0 spiro atoms. The van der Waals surface area contributed by atoms with E-state index in [1.165, 1.54) is 0 Å². The molecule has 194 valence electrons. The zero-order valence-electron chi connectivity index (χ0n) is 23.5. The van der Waals surface area contributed by atoms with E-state index in [4.69, 9.17) is 9.47 Å². The Hall–Kier alpha value is -2.36. The molecule has 0 aliphatic rings. The molecule has 1 rings (SSSR count). The second-order valence-corrected chi connectivity index (χ2v) is 8.76. The molecule has 0 saturated heterocycles. The SMILES string of the molecule is CC.CC.CCOC(=O)C(C)(C)CC/C=C\c1ccc(/C=C\CCC(C)(C)C(=O)OCC)cc1. The van der Waals surface area contributed by atoms with Crippen molar-refractivity contribution in [1.82, 2.24) is 0 Å². The minimum absolute atomic E-state index is 0.139. The summed E-state index contributed by atoms with van der Waals surface area (Å²) in [6.07, 6.45) is 11.5. The molecule has 4 nitrogen and oxygen atoms in total. The summed E-state index contributed by atoms with van der Waals surface area (Å²) < 4.78 is 10.2. The number of carbonyl (C=O) groups is 2. The molecule has 4 heteroatoms. The molecule has 0 aliphatic carbocycles. The second kappa shape index (κ2) is 19.0.